The first-order valence-corrected chi connectivity index (χ1v) is 9.99. The number of thiazole rings is 1. The summed E-state index contributed by atoms with van der Waals surface area (Å²) in [7, 11) is 0. The molecule has 0 aliphatic carbocycles. The van der Waals surface area contributed by atoms with Gasteiger partial charge in [0, 0.05) is 10.8 Å². The molecule has 1 N–H and O–H groups in total. The van der Waals surface area contributed by atoms with E-state index in [2.05, 4.69) is 5.10 Å². The summed E-state index contributed by atoms with van der Waals surface area (Å²) in [6, 6.07) is 15.6. The van der Waals surface area contributed by atoms with Crippen LogP contribution in [0.4, 0.5) is 4.39 Å². The molecule has 0 fully saturated rings. The zero-order chi connectivity index (χ0) is 20.8. The van der Waals surface area contributed by atoms with Crippen LogP contribution in [0.15, 0.2) is 59.4 Å². The molecule has 8 heteroatoms. The topological polar surface area (TPSA) is 85.1 Å². The van der Waals surface area contributed by atoms with Gasteiger partial charge in [0.15, 0.2) is 0 Å². The average Bonchev–Trinajstić information content (AvgIpc) is 3.14. The van der Waals surface area contributed by atoms with Crippen molar-refractivity contribution in [3.63, 3.8) is 0 Å². The summed E-state index contributed by atoms with van der Waals surface area (Å²) < 4.78 is 15.9. The fourth-order valence-corrected chi connectivity index (χ4v) is 4.58. The van der Waals surface area contributed by atoms with E-state index in [9.17, 15) is 19.1 Å². The maximum atomic E-state index is 13.7. The fraction of sp³-hybridized carbons (Fsp3) is 0.0909. The van der Waals surface area contributed by atoms with Crippen LogP contribution in [0.1, 0.15) is 10.7 Å². The highest BCUT2D eigenvalue weighted by Crippen LogP contribution is 2.29. The summed E-state index contributed by atoms with van der Waals surface area (Å²) in [5.74, 6) is -1.66. The first-order chi connectivity index (χ1) is 14.5. The van der Waals surface area contributed by atoms with Gasteiger partial charge in [0.2, 0.25) is 0 Å². The van der Waals surface area contributed by atoms with Crippen molar-refractivity contribution < 1.29 is 14.3 Å². The van der Waals surface area contributed by atoms with E-state index in [1.165, 1.54) is 28.2 Å². The van der Waals surface area contributed by atoms with Crippen molar-refractivity contribution >= 4 is 49.1 Å². The van der Waals surface area contributed by atoms with Gasteiger partial charge in [-0.25, -0.2) is 14.1 Å². The summed E-state index contributed by atoms with van der Waals surface area (Å²) in [5, 5.41) is 16.7. The highest BCUT2D eigenvalue weighted by atomic mass is 32.1. The van der Waals surface area contributed by atoms with Crippen molar-refractivity contribution in [3.05, 3.63) is 81.5 Å². The molecule has 3 aromatic carbocycles. The van der Waals surface area contributed by atoms with Crippen molar-refractivity contribution in [3.8, 4) is 0 Å². The highest BCUT2D eigenvalue weighted by Gasteiger charge is 2.16. The Morgan fingerprint density at radius 3 is 2.73 bits per heavy atom. The third kappa shape index (κ3) is 3.11. The minimum absolute atomic E-state index is 0.104. The Kier molecular flexibility index (Phi) is 4.29. The van der Waals surface area contributed by atoms with Crippen molar-refractivity contribution in [2.75, 3.05) is 0 Å². The van der Waals surface area contributed by atoms with Crippen LogP contribution in [0.2, 0.25) is 0 Å². The van der Waals surface area contributed by atoms with Crippen LogP contribution in [0.5, 0.6) is 0 Å². The molecule has 0 saturated carbocycles. The lowest BCUT2D eigenvalue weighted by atomic mass is 10.1. The number of halogens is 1. The number of nitrogens with zero attached hydrogens (tertiary/aromatic N) is 3. The largest absolute Gasteiger partial charge is 0.481 e. The van der Waals surface area contributed by atoms with Gasteiger partial charge >= 0.3 is 5.97 Å². The Labute approximate surface area is 172 Å². The van der Waals surface area contributed by atoms with E-state index in [1.54, 1.807) is 0 Å². The number of aliphatic carboxylic acids is 1. The van der Waals surface area contributed by atoms with Crippen LogP contribution in [-0.2, 0) is 17.8 Å². The predicted octanol–water partition coefficient (Wildman–Crippen LogP) is 3.97. The molecule has 0 unspecified atom stereocenters. The quantitative estimate of drug-likeness (QED) is 0.476. The van der Waals surface area contributed by atoms with E-state index in [1.807, 2.05) is 36.4 Å². The number of benzene rings is 3. The fourth-order valence-electron chi connectivity index (χ4n) is 3.61. The van der Waals surface area contributed by atoms with Crippen molar-refractivity contribution in [1.29, 1.82) is 0 Å². The molecule has 0 radical (unpaired) electrons. The second-order valence-electron chi connectivity index (χ2n) is 6.91. The Hall–Kier alpha value is -3.65. The molecule has 2 aromatic heterocycles. The molecule has 6 nitrogen and oxygen atoms in total. The molecule has 30 heavy (non-hydrogen) atoms. The molecule has 148 valence electrons. The SMILES string of the molecule is O=C(O)Cc1nn(Cc2nc3c(ccc4ccccc43)s2)c(=O)c2ccc(F)cc12. The minimum atomic E-state index is -1.11. The van der Waals surface area contributed by atoms with Crippen LogP contribution in [0.3, 0.4) is 0 Å². The normalized spacial score (nSPS) is 11.5. The van der Waals surface area contributed by atoms with Crippen LogP contribution >= 0.6 is 11.3 Å². The number of hydrogen-bond acceptors (Lipinski definition) is 5. The number of carboxylic acid groups (broad SMARTS) is 1. The lowest BCUT2D eigenvalue weighted by Crippen LogP contribution is -2.26. The van der Waals surface area contributed by atoms with Gasteiger partial charge in [0.05, 0.1) is 34.3 Å². The first-order valence-electron chi connectivity index (χ1n) is 9.18. The number of hydrogen-bond donors (Lipinski definition) is 1. The van der Waals surface area contributed by atoms with Gasteiger partial charge in [-0.3, -0.25) is 9.59 Å². The van der Waals surface area contributed by atoms with Crippen LogP contribution < -0.4 is 5.56 Å². The summed E-state index contributed by atoms with van der Waals surface area (Å²) >= 11 is 1.46. The second-order valence-corrected chi connectivity index (χ2v) is 8.03. The molecule has 0 atom stereocenters. The van der Waals surface area contributed by atoms with E-state index in [0.717, 1.165) is 27.1 Å². The summed E-state index contributed by atoms with van der Waals surface area (Å²) in [6.07, 6.45) is -0.412. The Morgan fingerprint density at radius 2 is 1.90 bits per heavy atom. The lowest BCUT2D eigenvalue weighted by molar-refractivity contribution is -0.136. The Balaban J connectivity index is 1.65. The van der Waals surface area contributed by atoms with Crippen LogP contribution in [0, 0.1) is 5.82 Å². The number of rotatable bonds is 4. The molecule has 0 aliphatic heterocycles. The number of fused-ring (bicyclic) bond motifs is 4. The molecule has 0 spiro atoms. The molecular weight excluding hydrogens is 405 g/mol. The summed E-state index contributed by atoms with van der Waals surface area (Å²) in [5.41, 5.74) is 0.584. The van der Waals surface area contributed by atoms with E-state index in [0.29, 0.717) is 5.01 Å². The average molecular weight is 419 g/mol. The molecule has 5 rings (SSSR count). The van der Waals surface area contributed by atoms with Crippen LogP contribution in [-0.4, -0.2) is 25.8 Å². The molecule has 0 amide bonds. The smallest absolute Gasteiger partial charge is 0.309 e. The van der Waals surface area contributed by atoms with E-state index in [-0.39, 0.29) is 23.0 Å². The maximum Gasteiger partial charge on any atom is 0.309 e. The van der Waals surface area contributed by atoms with Gasteiger partial charge in [-0.2, -0.15) is 5.10 Å². The third-order valence-corrected chi connectivity index (χ3v) is 5.94. The van der Waals surface area contributed by atoms with Gasteiger partial charge < -0.3 is 5.11 Å². The summed E-state index contributed by atoms with van der Waals surface area (Å²) in [6.45, 7) is 0.104. The molecule has 0 saturated heterocycles. The summed E-state index contributed by atoms with van der Waals surface area (Å²) in [4.78, 5) is 28.9. The van der Waals surface area contributed by atoms with Gasteiger partial charge in [-0.1, -0.05) is 30.3 Å². The standard InChI is InChI=1S/C22H14FN3O3S/c23-13-6-7-15-16(9-13)17(10-20(27)28)25-26(22(15)29)11-19-24-21-14-4-2-1-3-12(14)5-8-18(21)30-19/h1-9H,10-11H2,(H,27,28). The van der Waals surface area contributed by atoms with Gasteiger partial charge in [-0.05, 0) is 29.7 Å². The molecule has 0 bridgehead atoms. The maximum absolute atomic E-state index is 13.7. The van der Waals surface area contributed by atoms with Gasteiger partial charge in [0.1, 0.15) is 10.8 Å². The monoisotopic (exact) mass is 419 g/mol. The molecular formula is C22H14FN3O3S. The Morgan fingerprint density at radius 1 is 1.07 bits per heavy atom. The molecule has 0 aliphatic rings. The first kappa shape index (κ1) is 18.4. The highest BCUT2D eigenvalue weighted by molar-refractivity contribution is 7.18. The van der Waals surface area contributed by atoms with Crippen molar-refractivity contribution in [2.45, 2.75) is 13.0 Å². The van der Waals surface area contributed by atoms with E-state index < -0.39 is 23.8 Å². The van der Waals surface area contributed by atoms with Crippen molar-refractivity contribution in [2.24, 2.45) is 0 Å². The zero-order valence-corrected chi connectivity index (χ0v) is 16.3. The van der Waals surface area contributed by atoms with Crippen molar-refractivity contribution in [1.82, 2.24) is 14.8 Å². The van der Waals surface area contributed by atoms with Gasteiger partial charge in [-0.15, -0.1) is 11.3 Å². The minimum Gasteiger partial charge on any atom is -0.481 e. The second kappa shape index (κ2) is 7.00. The lowest BCUT2D eigenvalue weighted by Gasteiger charge is -2.09. The van der Waals surface area contributed by atoms with Crippen LogP contribution in [0.25, 0.3) is 31.8 Å². The zero-order valence-electron chi connectivity index (χ0n) is 15.5. The predicted molar refractivity (Wildman–Crippen MR) is 114 cm³/mol. The number of carbonyl (C=O) groups is 1. The molecule has 2 heterocycles. The number of aromatic nitrogens is 3. The Bertz CT molecular complexity index is 1520. The number of carboxylic acids is 1. The van der Waals surface area contributed by atoms with E-state index >= 15 is 0 Å². The molecule has 5 aromatic rings. The van der Waals surface area contributed by atoms with E-state index in [4.69, 9.17) is 4.98 Å². The van der Waals surface area contributed by atoms with Gasteiger partial charge in [0.25, 0.3) is 5.56 Å². The third-order valence-electron chi connectivity index (χ3n) is 4.93.